The highest BCUT2D eigenvalue weighted by Gasteiger charge is 2.34. The number of hydrogen-bond donors (Lipinski definition) is 2. The average molecular weight is 386 g/mol. The van der Waals surface area contributed by atoms with Gasteiger partial charge in [-0.05, 0) is 43.8 Å². The highest BCUT2D eigenvalue weighted by molar-refractivity contribution is 7.80. The lowest BCUT2D eigenvalue weighted by Gasteiger charge is -2.37. The Morgan fingerprint density at radius 2 is 2.26 bits per heavy atom. The van der Waals surface area contributed by atoms with Crippen LogP contribution in [-0.4, -0.2) is 27.6 Å². The fourth-order valence-electron chi connectivity index (χ4n) is 2.97. The monoisotopic (exact) mass is 386 g/mol. The van der Waals surface area contributed by atoms with Crippen LogP contribution in [0.2, 0.25) is 0 Å². The van der Waals surface area contributed by atoms with Crippen LogP contribution in [0, 0.1) is 12.7 Å². The van der Waals surface area contributed by atoms with Crippen molar-refractivity contribution in [3.63, 3.8) is 0 Å². The number of carbonyl (C=O) groups excluding carboxylic acids is 1. The first-order chi connectivity index (χ1) is 12.9. The fourth-order valence-corrected chi connectivity index (χ4v) is 3.30. The van der Waals surface area contributed by atoms with Crippen molar-refractivity contribution in [2.24, 2.45) is 0 Å². The van der Waals surface area contributed by atoms with E-state index in [0.717, 1.165) is 0 Å². The van der Waals surface area contributed by atoms with Gasteiger partial charge in [-0.1, -0.05) is 23.4 Å². The lowest BCUT2D eigenvalue weighted by molar-refractivity contribution is -0.113. The Balaban J connectivity index is 2.04. The van der Waals surface area contributed by atoms with Crippen molar-refractivity contribution in [3.8, 4) is 0 Å². The number of hydrogen-bond acceptors (Lipinski definition) is 4. The number of rotatable bonds is 5. The normalized spacial score (nSPS) is 16.9. The number of aromatic nitrogens is 1. The zero-order valence-corrected chi connectivity index (χ0v) is 15.8. The van der Waals surface area contributed by atoms with Crippen LogP contribution in [0.15, 0.2) is 58.8 Å². The minimum absolute atomic E-state index is 0.305. The molecule has 0 fully saturated rings. The number of nitrogens with one attached hydrogen (secondary N) is 2. The van der Waals surface area contributed by atoms with Crippen molar-refractivity contribution in [2.45, 2.75) is 19.9 Å². The third-order valence-corrected chi connectivity index (χ3v) is 4.54. The molecule has 27 heavy (non-hydrogen) atoms. The van der Waals surface area contributed by atoms with E-state index in [1.165, 1.54) is 12.1 Å². The number of nitrogens with zero attached hydrogens (tertiary/aromatic N) is 2. The van der Waals surface area contributed by atoms with Gasteiger partial charge in [0.05, 0.1) is 11.6 Å². The molecule has 0 spiro atoms. The quantitative estimate of drug-likeness (QED) is 0.606. The molecule has 1 aromatic carbocycles. The number of anilines is 1. The molecule has 1 atom stereocenters. The van der Waals surface area contributed by atoms with Crippen molar-refractivity contribution in [1.29, 1.82) is 0 Å². The Bertz CT molecular complexity index is 937. The van der Waals surface area contributed by atoms with Gasteiger partial charge in [0.25, 0.3) is 5.91 Å². The Hall–Kier alpha value is -3.00. The first-order valence-electron chi connectivity index (χ1n) is 8.30. The Morgan fingerprint density at radius 1 is 1.48 bits per heavy atom. The molecule has 0 radical (unpaired) electrons. The third kappa shape index (κ3) is 3.90. The van der Waals surface area contributed by atoms with Crippen LogP contribution >= 0.6 is 12.2 Å². The predicted octanol–water partition coefficient (Wildman–Crippen LogP) is 3.45. The van der Waals surface area contributed by atoms with Crippen LogP contribution in [0.3, 0.4) is 0 Å². The van der Waals surface area contributed by atoms with Crippen molar-refractivity contribution >= 4 is 29.1 Å². The van der Waals surface area contributed by atoms with E-state index >= 15 is 0 Å². The molecule has 2 N–H and O–H groups in total. The van der Waals surface area contributed by atoms with Gasteiger partial charge < -0.3 is 20.1 Å². The molecule has 8 heteroatoms. The van der Waals surface area contributed by atoms with Crippen molar-refractivity contribution in [2.75, 3.05) is 11.9 Å². The Labute approximate surface area is 161 Å². The third-order valence-electron chi connectivity index (χ3n) is 4.20. The molecule has 2 aromatic rings. The fraction of sp³-hybridized carbons (Fsp3) is 0.211. The molecule has 0 aliphatic carbocycles. The molecule has 6 nitrogen and oxygen atoms in total. The zero-order valence-electron chi connectivity index (χ0n) is 15.0. The number of carbonyl (C=O) groups is 1. The van der Waals surface area contributed by atoms with E-state index in [4.69, 9.17) is 16.7 Å². The zero-order chi connectivity index (χ0) is 19.6. The second kappa shape index (κ2) is 7.71. The van der Waals surface area contributed by atoms with Gasteiger partial charge in [-0.3, -0.25) is 4.79 Å². The Kier molecular flexibility index (Phi) is 5.36. The van der Waals surface area contributed by atoms with Crippen LogP contribution in [0.4, 0.5) is 10.2 Å². The van der Waals surface area contributed by atoms with Gasteiger partial charge in [-0.25, -0.2) is 4.39 Å². The second-order valence-electron chi connectivity index (χ2n) is 6.11. The summed E-state index contributed by atoms with van der Waals surface area (Å²) in [6, 6.07) is 7.09. The minimum atomic E-state index is -0.595. The molecule has 0 saturated carbocycles. The van der Waals surface area contributed by atoms with E-state index in [1.807, 2.05) is 0 Å². The molecular weight excluding hydrogens is 367 g/mol. The van der Waals surface area contributed by atoms with Crippen LogP contribution in [0.5, 0.6) is 0 Å². The van der Waals surface area contributed by atoms with E-state index in [2.05, 4.69) is 22.4 Å². The van der Waals surface area contributed by atoms with Crippen molar-refractivity contribution in [3.05, 3.63) is 71.4 Å². The number of benzene rings is 1. The number of halogens is 1. The van der Waals surface area contributed by atoms with E-state index in [9.17, 15) is 9.18 Å². The molecule has 1 aliphatic rings. The summed E-state index contributed by atoms with van der Waals surface area (Å²) >= 11 is 5.43. The van der Waals surface area contributed by atoms with Gasteiger partial charge in [0.2, 0.25) is 0 Å². The number of amides is 1. The second-order valence-corrected chi connectivity index (χ2v) is 6.50. The first kappa shape index (κ1) is 18.8. The van der Waals surface area contributed by atoms with E-state index in [-0.39, 0.29) is 5.91 Å². The molecular formula is C19H19FN4O2S. The predicted molar refractivity (Wildman–Crippen MR) is 104 cm³/mol. The maximum absolute atomic E-state index is 13.8. The SMILES string of the molecule is C=CCN1C(=S)NC(c2cccc(F)c2)C(C(=O)Nc2cc(C)on2)=C1C. The number of aryl methyl sites for hydroxylation is 1. The van der Waals surface area contributed by atoms with Gasteiger partial charge in [-0.2, -0.15) is 0 Å². The molecule has 140 valence electrons. The molecule has 2 heterocycles. The number of allylic oxidation sites excluding steroid dienone is 1. The van der Waals surface area contributed by atoms with E-state index < -0.39 is 11.9 Å². The molecule has 0 saturated heterocycles. The highest BCUT2D eigenvalue weighted by Crippen LogP contribution is 2.31. The highest BCUT2D eigenvalue weighted by atomic mass is 32.1. The maximum Gasteiger partial charge on any atom is 0.257 e. The summed E-state index contributed by atoms with van der Waals surface area (Å²) in [5, 5.41) is 10.1. The molecule has 1 unspecified atom stereocenters. The van der Waals surface area contributed by atoms with Gasteiger partial charge in [0.1, 0.15) is 11.6 Å². The van der Waals surface area contributed by atoms with Crippen molar-refractivity contribution in [1.82, 2.24) is 15.4 Å². The molecule has 3 rings (SSSR count). The average Bonchev–Trinajstić information content (AvgIpc) is 3.02. The van der Waals surface area contributed by atoms with Gasteiger partial charge in [0, 0.05) is 18.3 Å². The van der Waals surface area contributed by atoms with E-state index in [1.54, 1.807) is 43.0 Å². The van der Waals surface area contributed by atoms with Gasteiger partial charge in [-0.15, -0.1) is 6.58 Å². The summed E-state index contributed by atoms with van der Waals surface area (Å²) in [4.78, 5) is 14.8. The van der Waals surface area contributed by atoms with Crippen LogP contribution in [0.1, 0.15) is 24.3 Å². The molecule has 1 aliphatic heterocycles. The first-order valence-corrected chi connectivity index (χ1v) is 8.71. The van der Waals surface area contributed by atoms with E-state index in [0.29, 0.717) is 40.1 Å². The van der Waals surface area contributed by atoms with Crippen LogP contribution in [-0.2, 0) is 4.79 Å². The van der Waals surface area contributed by atoms with Gasteiger partial charge in [0.15, 0.2) is 10.9 Å². The summed E-state index contributed by atoms with van der Waals surface area (Å²) in [5.74, 6) is 0.116. The van der Waals surface area contributed by atoms with Crippen molar-refractivity contribution < 1.29 is 13.7 Å². The maximum atomic E-state index is 13.8. The van der Waals surface area contributed by atoms with Crippen LogP contribution in [0.25, 0.3) is 0 Å². The summed E-state index contributed by atoms with van der Waals surface area (Å²) in [5.41, 5.74) is 1.67. The Morgan fingerprint density at radius 3 is 2.89 bits per heavy atom. The molecule has 1 aromatic heterocycles. The lowest BCUT2D eigenvalue weighted by atomic mass is 9.94. The minimum Gasteiger partial charge on any atom is -0.360 e. The van der Waals surface area contributed by atoms with Gasteiger partial charge >= 0.3 is 0 Å². The summed E-state index contributed by atoms with van der Waals surface area (Å²) in [6.07, 6.45) is 1.69. The topological polar surface area (TPSA) is 70.4 Å². The standard InChI is InChI=1S/C19H19FN4O2S/c1-4-8-24-12(3)16(18(25)21-15-9-11(2)26-23-15)17(22-19(24)27)13-6-5-7-14(20)10-13/h4-7,9-10,17H,1,8H2,2-3H3,(H,22,27)(H,21,23,25). The molecule has 1 amide bonds. The number of thiocarbonyl (C=S) groups is 1. The largest absolute Gasteiger partial charge is 0.360 e. The molecule has 0 bridgehead atoms. The summed E-state index contributed by atoms with van der Waals surface area (Å²) in [6.45, 7) is 7.70. The summed E-state index contributed by atoms with van der Waals surface area (Å²) in [7, 11) is 0. The smallest absolute Gasteiger partial charge is 0.257 e. The lowest BCUT2D eigenvalue weighted by Crippen LogP contribution is -2.48. The summed E-state index contributed by atoms with van der Waals surface area (Å²) < 4.78 is 18.8. The van der Waals surface area contributed by atoms with Crippen LogP contribution < -0.4 is 10.6 Å².